The van der Waals surface area contributed by atoms with Gasteiger partial charge in [-0.2, -0.15) is 0 Å². The molecule has 1 saturated carbocycles. The maximum Gasteiger partial charge on any atom is 0.289 e. The maximum absolute atomic E-state index is 13.0. The number of para-hydroxylation sites is 1. The lowest BCUT2D eigenvalue weighted by Gasteiger charge is -2.25. The van der Waals surface area contributed by atoms with Crippen LogP contribution >= 0.6 is 0 Å². The van der Waals surface area contributed by atoms with Gasteiger partial charge in [-0.05, 0) is 37.8 Å². The molecule has 1 saturated heterocycles. The van der Waals surface area contributed by atoms with Gasteiger partial charge in [-0.3, -0.25) is 14.4 Å². The number of pyridine rings is 1. The number of carbonyl (C=O) groups is 3. The molecule has 1 aliphatic heterocycles. The van der Waals surface area contributed by atoms with Crippen molar-refractivity contribution in [2.24, 2.45) is 0 Å². The Hall–Kier alpha value is -2.76. The van der Waals surface area contributed by atoms with Crippen molar-refractivity contribution in [2.45, 2.75) is 57.0 Å². The van der Waals surface area contributed by atoms with Crippen LogP contribution in [0.3, 0.4) is 0 Å². The Kier molecular flexibility index (Phi) is 5.37. The molecule has 1 N–H and O–H groups in total. The van der Waals surface area contributed by atoms with Crippen LogP contribution in [0.5, 0.6) is 0 Å². The summed E-state index contributed by atoms with van der Waals surface area (Å²) in [6.45, 7) is 0.473. The fourth-order valence-electron chi connectivity index (χ4n) is 4.27. The summed E-state index contributed by atoms with van der Waals surface area (Å²) >= 11 is 0. The third-order valence-electron chi connectivity index (χ3n) is 5.80. The number of nitrogens with zero attached hydrogens (tertiary/aromatic N) is 2. The van der Waals surface area contributed by atoms with E-state index in [0.717, 1.165) is 36.6 Å². The molecule has 2 aliphatic rings. The molecule has 2 amide bonds. The molecule has 1 aromatic carbocycles. The molecule has 2 heterocycles. The molecular weight excluding hydrogens is 354 g/mol. The number of Topliss-reactive ketones (excluding diaryl/α,β-unsaturated/α-hetero) is 1. The summed E-state index contributed by atoms with van der Waals surface area (Å²) in [6, 6.07) is 10.5. The lowest BCUT2D eigenvalue weighted by Crippen LogP contribution is -2.49. The normalized spacial score (nSPS) is 20.3. The van der Waals surface area contributed by atoms with E-state index in [1.54, 1.807) is 6.07 Å². The van der Waals surface area contributed by atoms with Gasteiger partial charge in [-0.25, -0.2) is 4.98 Å². The fraction of sp³-hybridized carbons (Fsp3) is 0.455. The first-order valence-corrected chi connectivity index (χ1v) is 10.1. The minimum Gasteiger partial charge on any atom is -0.347 e. The first-order chi connectivity index (χ1) is 13.6. The number of ketones is 1. The molecular formula is C22H25N3O3. The van der Waals surface area contributed by atoms with Crippen molar-refractivity contribution < 1.29 is 14.4 Å². The Balaban J connectivity index is 1.47. The van der Waals surface area contributed by atoms with E-state index in [1.165, 1.54) is 11.3 Å². The van der Waals surface area contributed by atoms with Crippen LogP contribution in [-0.2, 0) is 9.59 Å². The van der Waals surface area contributed by atoms with E-state index >= 15 is 0 Å². The lowest BCUT2D eigenvalue weighted by molar-refractivity contribution is -0.140. The average Bonchev–Trinajstić information content (AvgIpc) is 3.22. The molecule has 2 aromatic rings. The van der Waals surface area contributed by atoms with Gasteiger partial charge in [0.05, 0.1) is 5.52 Å². The number of fused-ring (bicyclic) bond motifs is 1. The number of carbonyl (C=O) groups excluding carboxylic acids is 3. The van der Waals surface area contributed by atoms with Crippen molar-refractivity contribution >= 4 is 28.5 Å². The van der Waals surface area contributed by atoms with Gasteiger partial charge in [0.1, 0.15) is 11.7 Å². The Morgan fingerprint density at radius 3 is 2.54 bits per heavy atom. The topological polar surface area (TPSA) is 79.4 Å². The number of amides is 2. The van der Waals surface area contributed by atoms with E-state index < -0.39 is 17.7 Å². The van der Waals surface area contributed by atoms with E-state index in [2.05, 4.69) is 10.3 Å². The molecule has 28 heavy (non-hydrogen) atoms. The minimum absolute atomic E-state index is 0.0814. The predicted molar refractivity (Wildman–Crippen MR) is 106 cm³/mol. The molecule has 146 valence electrons. The van der Waals surface area contributed by atoms with Gasteiger partial charge in [0.2, 0.25) is 5.78 Å². The highest BCUT2D eigenvalue weighted by molar-refractivity contribution is 6.38. The SMILES string of the molecule is O=C(NC1CCCCC1)C(=O)C1CCCN1C(=O)c1ccc2ccccc2n1. The Labute approximate surface area is 164 Å². The number of rotatable bonds is 4. The van der Waals surface area contributed by atoms with E-state index in [4.69, 9.17) is 0 Å². The summed E-state index contributed by atoms with van der Waals surface area (Å²) in [5.41, 5.74) is 1.05. The standard InChI is InChI=1S/C22H25N3O3/c26-20(21(27)23-16-8-2-1-3-9-16)19-11-6-14-25(19)22(28)18-13-12-15-7-4-5-10-17(15)24-18/h4-5,7,10,12-13,16,19H,1-3,6,8-9,11,14H2,(H,23,27). The largest absolute Gasteiger partial charge is 0.347 e. The van der Waals surface area contributed by atoms with Crippen LogP contribution in [0.25, 0.3) is 10.9 Å². The smallest absolute Gasteiger partial charge is 0.289 e. The van der Waals surface area contributed by atoms with Crippen molar-refractivity contribution in [1.29, 1.82) is 0 Å². The molecule has 1 aliphatic carbocycles. The first kappa shape index (κ1) is 18.6. The molecule has 1 atom stereocenters. The third kappa shape index (κ3) is 3.77. The molecule has 1 unspecified atom stereocenters. The molecule has 2 fully saturated rings. The van der Waals surface area contributed by atoms with Gasteiger partial charge in [-0.1, -0.05) is 43.5 Å². The number of likely N-dealkylation sites (tertiary alicyclic amines) is 1. The van der Waals surface area contributed by atoms with Crippen LogP contribution < -0.4 is 5.32 Å². The van der Waals surface area contributed by atoms with Crippen molar-refractivity contribution in [3.63, 3.8) is 0 Å². The number of hydrogen-bond acceptors (Lipinski definition) is 4. The van der Waals surface area contributed by atoms with Gasteiger partial charge in [-0.15, -0.1) is 0 Å². The summed E-state index contributed by atoms with van der Waals surface area (Å²) in [6.07, 6.45) is 6.44. The van der Waals surface area contributed by atoms with Crippen molar-refractivity contribution in [1.82, 2.24) is 15.2 Å². The van der Waals surface area contributed by atoms with E-state index in [9.17, 15) is 14.4 Å². The van der Waals surface area contributed by atoms with E-state index in [1.807, 2.05) is 30.3 Å². The van der Waals surface area contributed by atoms with Gasteiger partial charge in [0.25, 0.3) is 11.8 Å². The maximum atomic E-state index is 13.0. The van der Waals surface area contributed by atoms with Crippen LogP contribution in [0.4, 0.5) is 0 Å². The highest BCUT2D eigenvalue weighted by Gasteiger charge is 2.38. The Morgan fingerprint density at radius 2 is 1.71 bits per heavy atom. The molecule has 0 spiro atoms. The monoisotopic (exact) mass is 379 g/mol. The number of benzene rings is 1. The van der Waals surface area contributed by atoms with Crippen LogP contribution in [0.2, 0.25) is 0 Å². The summed E-state index contributed by atoms with van der Waals surface area (Å²) < 4.78 is 0. The average molecular weight is 379 g/mol. The number of nitrogens with one attached hydrogen (secondary N) is 1. The Bertz CT molecular complexity index is 905. The second-order valence-electron chi connectivity index (χ2n) is 7.72. The summed E-state index contributed by atoms with van der Waals surface area (Å²) in [5, 5.41) is 3.84. The summed E-state index contributed by atoms with van der Waals surface area (Å²) in [7, 11) is 0. The quantitative estimate of drug-likeness (QED) is 0.829. The fourth-order valence-corrected chi connectivity index (χ4v) is 4.27. The summed E-state index contributed by atoms with van der Waals surface area (Å²) in [5.74, 6) is -1.34. The van der Waals surface area contributed by atoms with Crippen LogP contribution in [0.15, 0.2) is 36.4 Å². The van der Waals surface area contributed by atoms with E-state index in [0.29, 0.717) is 25.1 Å². The molecule has 1 aromatic heterocycles. The second kappa shape index (κ2) is 8.09. The second-order valence-corrected chi connectivity index (χ2v) is 7.72. The van der Waals surface area contributed by atoms with Crippen molar-refractivity contribution in [2.75, 3.05) is 6.54 Å². The van der Waals surface area contributed by atoms with Crippen LogP contribution in [0.1, 0.15) is 55.4 Å². The van der Waals surface area contributed by atoms with Crippen LogP contribution in [-0.4, -0.2) is 46.1 Å². The molecule has 6 nitrogen and oxygen atoms in total. The van der Waals surface area contributed by atoms with Crippen molar-refractivity contribution in [3.05, 3.63) is 42.1 Å². The lowest BCUT2D eigenvalue weighted by atomic mass is 9.95. The molecule has 0 radical (unpaired) electrons. The zero-order valence-corrected chi connectivity index (χ0v) is 15.9. The number of aromatic nitrogens is 1. The first-order valence-electron chi connectivity index (χ1n) is 10.1. The zero-order chi connectivity index (χ0) is 19.5. The van der Waals surface area contributed by atoms with Gasteiger partial charge < -0.3 is 10.2 Å². The third-order valence-corrected chi connectivity index (χ3v) is 5.80. The Morgan fingerprint density at radius 1 is 0.929 bits per heavy atom. The zero-order valence-electron chi connectivity index (χ0n) is 15.9. The molecule has 4 rings (SSSR count). The van der Waals surface area contributed by atoms with Crippen LogP contribution in [0, 0.1) is 0 Å². The highest BCUT2D eigenvalue weighted by atomic mass is 16.2. The predicted octanol–water partition coefficient (Wildman–Crippen LogP) is 2.86. The van der Waals surface area contributed by atoms with E-state index in [-0.39, 0.29) is 11.9 Å². The number of hydrogen-bond donors (Lipinski definition) is 1. The summed E-state index contributed by atoms with van der Waals surface area (Å²) in [4.78, 5) is 44.2. The van der Waals surface area contributed by atoms with Gasteiger partial charge in [0.15, 0.2) is 0 Å². The van der Waals surface area contributed by atoms with Gasteiger partial charge in [0, 0.05) is 18.0 Å². The molecule has 0 bridgehead atoms. The molecule has 6 heteroatoms. The highest BCUT2D eigenvalue weighted by Crippen LogP contribution is 2.22. The van der Waals surface area contributed by atoms with Gasteiger partial charge >= 0.3 is 0 Å². The van der Waals surface area contributed by atoms with Crippen molar-refractivity contribution in [3.8, 4) is 0 Å². The minimum atomic E-state index is -0.690.